The lowest BCUT2D eigenvalue weighted by atomic mass is 10.0. The number of aromatic nitrogens is 1. The molecule has 1 aromatic rings. The Morgan fingerprint density at radius 3 is 2.39 bits per heavy atom. The van der Waals surface area contributed by atoms with Gasteiger partial charge in [-0.15, -0.1) is 0 Å². The molecule has 1 rings (SSSR count). The molecular formula is C28H42N2O2S. The summed E-state index contributed by atoms with van der Waals surface area (Å²) in [5.74, 6) is 1.05. The first-order chi connectivity index (χ1) is 15.7. The number of allylic oxidation sites excluding steroid dienone is 7. The lowest BCUT2D eigenvalue weighted by molar-refractivity contribution is -0.137. The summed E-state index contributed by atoms with van der Waals surface area (Å²) in [5.41, 5.74) is 6.61. The van der Waals surface area contributed by atoms with E-state index in [1.54, 1.807) is 18.0 Å². The number of nitrogens with one attached hydrogen (secondary N) is 1. The van der Waals surface area contributed by atoms with Crippen molar-refractivity contribution in [3.63, 3.8) is 0 Å². The van der Waals surface area contributed by atoms with Gasteiger partial charge in [0.15, 0.2) is 0 Å². The molecule has 1 atom stereocenters. The fourth-order valence-electron chi connectivity index (χ4n) is 3.15. The van der Waals surface area contributed by atoms with Crippen molar-refractivity contribution in [2.24, 2.45) is 0 Å². The quantitative estimate of drug-likeness (QED) is 0.203. The highest BCUT2D eigenvalue weighted by Crippen LogP contribution is 2.18. The smallest absolute Gasteiger partial charge is 0.327 e. The zero-order chi connectivity index (χ0) is 24.6. The highest BCUT2D eigenvalue weighted by Gasteiger charge is 2.17. The van der Waals surface area contributed by atoms with Gasteiger partial charge in [-0.05, 0) is 91.3 Å². The molecule has 5 heteroatoms. The van der Waals surface area contributed by atoms with Crippen LogP contribution in [0.3, 0.4) is 0 Å². The number of aliphatic carboxylic acids is 1. The van der Waals surface area contributed by atoms with E-state index >= 15 is 0 Å². The van der Waals surface area contributed by atoms with Crippen LogP contribution in [0.1, 0.15) is 72.3 Å². The van der Waals surface area contributed by atoms with Crippen LogP contribution in [0.15, 0.2) is 64.9 Å². The molecule has 0 radical (unpaired) electrons. The van der Waals surface area contributed by atoms with E-state index in [0.29, 0.717) is 11.6 Å². The third-order valence-corrected chi connectivity index (χ3v) is 6.10. The number of hydrogen-bond acceptors (Lipinski definition) is 4. The topological polar surface area (TPSA) is 62.2 Å². The Morgan fingerprint density at radius 2 is 1.76 bits per heavy atom. The molecular weight excluding hydrogens is 428 g/mol. The number of pyridine rings is 1. The number of carboxylic acids is 1. The van der Waals surface area contributed by atoms with Gasteiger partial charge in [-0.25, -0.2) is 9.78 Å². The second-order valence-corrected chi connectivity index (χ2v) is 10.1. The summed E-state index contributed by atoms with van der Waals surface area (Å²) in [6, 6.07) is 3.10. The average molecular weight is 471 g/mol. The zero-order valence-electron chi connectivity index (χ0n) is 21.3. The van der Waals surface area contributed by atoms with Crippen molar-refractivity contribution in [1.29, 1.82) is 0 Å². The van der Waals surface area contributed by atoms with Crippen LogP contribution < -0.4 is 5.32 Å². The SMILES string of the molecule is CC(C)=CCC/C(C)=C/CC/C(=C/CSCC(Nc1cc(C)ccn1)C(=O)O)CC=C(C)C. The van der Waals surface area contributed by atoms with Gasteiger partial charge in [0.25, 0.3) is 0 Å². The van der Waals surface area contributed by atoms with Crippen LogP contribution >= 0.6 is 11.8 Å². The minimum absolute atomic E-state index is 0.487. The summed E-state index contributed by atoms with van der Waals surface area (Å²) >= 11 is 1.64. The molecule has 0 aromatic carbocycles. The summed E-state index contributed by atoms with van der Waals surface area (Å²) in [6.07, 6.45) is 16.2. The van der Waals surface area contributed by atoms with E-state index in [4.69, 9.17) is 0 Å². The second-order valence-electron chi connectivity index (χ2n) is 9.05. The van der Waals surface area contributed by atoms with Crippen LogP contribution in [-0.2, 0) is 4.79 Å². The van der Waals surface area contributed by atoms with Crippen LogP contribution in [0.25, 0.3) is 0 Å². The molecule has 1 aromatic heterocycles. The van der Waals surface area contributed by atoms with Gasteiger partial charge in [-0.2, -0.15) is 11.8 Å². The van der Waals surface area contributed by atoms with Gasteiger partial charge >= 0.3 is 5.97 Å². The number of carbonyl (C=O) groups is 1. The number of thioether (sulfide) groups is 1. The molecule has 1 heterocycles. The molecule has 0 fully saturated rings. The van der Waals surface area contributed by atoms with Crippen molar-refractivity contribution >= 4 is 23.5 Å². The summed E-state index contributed by atoms with van der Waals surface area (Å²) in [6.45, 7) is 12.7. The maximum absolute atomic E-state index is 11.7. The maximum Gasteiger partial charge on any atom is 0.327 e. The van der Waals surface area contributed by atoms with Gasteiger partial charge < -0.3 is 10.4 Å². The molecule has 4 nitrogen and oxygen atoms in total. The molecule has 0 spiro atoms. The van der Waals surface area contributed by atoms with Gasteiger partial charge in [0.05, 0.1) is 0 Å². The van der Waals surface area contributed by atoms with Crippen LogP contribution in [0.5, 0.6) is 0 Å². The molecule has 1 unspecified atom stereocenters. The molecule has 182 valence electrons. The van der Waals surface area contributed by atoms with Crippen molar-refractivity contribution in [1.82, 2.24) is 4.98 Å². The molecule has 0 saturated heterocycles. The lowest BCUT2D eigenvalue weighted by Crippen LogP contribution is -2.32. The molecule has 0 aliphatic heterocycles. The van der Waals surface area contributed by atoms with E-state index in [2.05, 4.69) is 69.2 Å². The Labute approximate surface area is 205 Å². The monoisotopic (exact) mass is 470 g/mol. The van der Waals surface area contributed by atoms with Crippen molar-refractivity contribution in [2.45, 2.75) is 79.7 Å². The normalized spacial score (nSPS) is 12.8. The Hall–Kier alpha value is -2.27. The van der Waals surface area contributed by atoms with E-state index < -0.39 is 12.0 Å². The number of nitrogens with zero attached hydrogens (tertiary/aromatic N) is 1. The molecule has 0 amide bonds. The molecule has 0 saturated carbocycles. The summed E-state index contributed by atoms with van der Waals surface area (Å²) in [7, 11) is 0. The van der Waals surface area contributed by atoms with Gasteiger partial charge in [0, 0.05) is 17.7 Å². The van der Waals surface area contributed by atoms with Gasteiger partial charge in [0.1, 0.15) is 11.9 Å². The fourth-order valence-corrected chi connectivity index (χ4v) is 4.10. The van der Waals surface area contributed by atoms with Gasteiger partial charge in [0.2, 0.25) is 0 Å². The van der Waals surface area contributed by atoms with E-state index in [1.807, 2.05) is 19.1 Å². The van der Waals surface area contributed by atoms with Crippen molar-refractivity contribution in [2.75, 3.05) is 16.8 Å². The number of anilines is 1. The predicted molar refractivity (Wildman–Crippen MR) is 145 cm³/mol. The third kappa shape index (κ3) is 14.5. The average Bonchev–Trinajstić information content (AvgIpc) is 2.73. The molecule has 33 heavy (non-hydrogen) atoms. The number of rotatable bonds is 15. The van der Waals surface area contributed by atoms with Crippen molar-refractivity contribution < 1.29 is 9.90 Å². The standard InChI is InChI=1S/C28H42N2O2S/c1-21(2)9-7-10-23(5)11-8-12-25(14-13-22(3)4)16-18-33-20-26(28(31)32)30-27-19-24(6)15-17-29-27/h9,11,13,15-17,19,26H,7-8,10,12,14,18,20H2,1-6H3,(H,29,30)(H,31,32)/b23-11+,25-16-. The first-order valence-corrected chi connectivity index (χ1v) is 12.9. The number of aryl methyl sites for hydroxylation is 1. The van der Waals surface area contributed by atoms with Crippen LogP contribution in [0.4, 0.5) is 5.82 Å². The largest absolute Gasteiger partial charge is 0.480 e. The van der Waals surface area contributed by atoms with Gasteiger partial charge in [-0.1, -0.05) is 46.6 Å². The van der Waals surface area contributed by atoms with E-state index in [1.165, 1.54) is 22.3 Å². The molecule has 0 bridgehead atoms. The summed E-state index contributed by atoms with van der Waals surface area (Å²) < 4.78 is 0. The molecule has 0 aliphatic rings. The van der Waals surface area contributed by atoms with E-state index in [-0.39, 0.29) is 0 Å². The first-order valence-electron chi connectivity index (χ1n) is 11.8. The maximum atomic E-state index is 11.7. The number of hydrogen-bond donors (Lipinski definition) is 2. The highest BCUT2D eigenvalue weighted by molar-refractivity contribution is 7.99. The Balaban J connectivity index is 2.61. The fraction of sp³-hybridized carbons (Fsp3) is 0.500. The Bertz CT molecular complexity index is 860. The number of carboxylic acid groups (broad SMARTS) is 1. The highest BCUT2D eigenvalue weighted by atomic mass is 32.2. The second kappa shape index (κ2) is 16.4. The van der Waals surface area contributed by atoms with E-state index in [9.17, 15) is 9.90 Å². The Morgan fingerprint density at radius 1 is 1.06 bits per heavy atom. The van der Waals surface area contributed by atoms with E-state index in [0.717, 1.165) is 43.4 Å². The zero-order valence-corrected chi connectivity index (χ0v) is 22.1. The predicted octanol–water partition coefficient (Wildman–Crippen LogP) is 7.74. The Kier molecular flexibility index (Phi) is 14.3. The lowest BCUT2D eigenvalue weighted by Gasteiger charge is -2.15. The van der Waals surface area contributed by atoms with Gasteiger partial charge in [-0.3, -0.25) is 0 Å². The van der Waals surface area contributed by atoms with Crippen LogP contribution in [-0.4, -0.2) is 33.6 Å². The summed E-state index contributed by atoms with van der Waals surface area (Å²) in [5, 5.41) is 12.6. The summed E-state index contributed by atoms with van der Waals surface area (Å²) in [4.78, 5) is 15.9. The van der Waals surface area contributed by atoms with Crippen LogP contribution in [0.2, 0.25) is 0 Å². The molecule has 2 N–H and O–H groups in total. The minimum Gasteiger partial charge on any atom is -0.480 e. The minimum atomic E-state index is -0.853. The molecule has 0 aliphatic carbocycles. The van der Waals surface area contributed by atoms with Crippen molar-refractivity contribution in [3.8, 4) is 0 Å². The van der Waals surface area contributed by atoms with Crippen LogP contribution in [0, 0.1) is 6.92 Å². The third-order valence-electron chi connectivity index (χ3n) is 5.13. The van der Waals surface area contributed by atoms with Crippen molar-refractivity contribution in [3.05, 3.63) is 70.5 Å². The first kappa shape index (κ1) is 28.8.